The van der Waals surface area contributed by atoms with E-state index in [2.05, 4.69) is 16.8 Å². The molecular weight excluding hydrogens is 205 g/mol. The van der Waals surface area contributed by atoms with Gasteiger partial charge in [0.15, 0.2) is 0 Å². The topological polar surface area (TPSA) is 47.9 Å². The van der Waals surface area contributed by atoms with Crippen LogP contribution in [0.4, 0.5) is 0 Å². The van der Waals surface area contributed by atoms with Gasteiger partial charge in [0.2, 0.25) is 0 Å². The Morgan fingerprint density at radius 2 is 2.40 bits per heavy atom. The zero-order valence-electron chi connectivity index (χ0n) is 9.36. The summed E-state index contributed by atoms with van der Waals surface area (Å²) in [5.41, 5.74) is 7.87. The van der Waals surface area contributed by atoms with Crippen molar-refractivity contribution in [1.82, 2.24) is 10.6 Å². The average molecular weight is 221 g/mol. The number of allylic oxidation sites excluding steroid dienone is 2. The Kier molecular flexibility index (Phi) is 8.08. The van der Waals surface area contributed by atoms with Crippen molar-refractivity contribution in [2.24, 2.45) is 0 Å². The molecule has 3 N–H and O–H groups in total. The molecule has 1 heterocycles. The minimum absolute atomic E-state index is 0. The summed E-state index contributed by atoms with van der Waals surface area (Å²) in [6.45, 7) is 3.89. The fourth-order valence-electron chi connectivity index (χ4n) is 1.31. The van der Waals surface area contributed by atoms with Gasteiger partial charge < -0.3 is 16.4 Å². The summed E-state index contributed by atoms with van der Waals surface area (Å²) in [5, 5.41) is 6.54. The van der Waals surface area contributed by atoms with Crippen LogP contribution >= 0.6 is 11.6 Å². The van der Waals surface area contributed by atoms with Crippen LogP contribution in [-0.4, -0.2) is 19.1 Å². The second kappa shape index (κ2) is 8.12. The van der Waals surface area contributed by atoms with Crippen molar-refractivity contribution in [3.63, 3.8) is 0 Å². The third kappa shape index (κ3) is 6.16. The maximum Gasteiger partial charge on any atom is 1.00 e. The monoisotopic (exact) mass is 220 g/mol. The van der Waals surface area contributed by atoms with Crippen molar-refractivity contribution in [1.29, 1.82) is 0 Å². The first-order chi connectivity index (χ1) is 6.70. The Balaban J connectivity index is 0.00000196. The first kappa shape index (κ1) is 14.9. The van der Waals surface area contributed by atoms with Gasteiger partial charge >= 0.3 is 18.9 Å². The first-order valence-electron chi connectivity index (χ1n) is 4.83. The van der Waals surface area contributed by atoms with Gasteiger partial charge in [0.05, 0.1) is 0 Å². The van der Waals surface area contributed by atoms with E-state index in [9.17, 15) is 0 Å². The molecule has 1 saturated heterocycles. The molecule has 0 saturated carbocycles. The van der Waals surface area contributed by atoms with E-state index in [1.165, 1.54) is 12.8 Å². The van der Waals surface area contributed by atoms with Crippen LogP contribution in [0.25, 0.3) is 5.73 Å². The van der Waals surface area contributed by atoms with Crippen molar-refractivity contribution in [2.75, 3.05) is 13.1 Å². The predicted octanol–water partition coefficient (Wildman–Crippen LogP) is -0.829. The number of nitrogens with one attached hydrogen (secondary N) is 3. The molecule has 0 amide bonds. The van der Waals surface area contributed by atoms with Crippen LogP contribution in [0.5, 0.6) is 0 Å². The summed E-state index contributed by atoms with van der Waals surface area (Å²) in [6, 6.07) is 0.456. The van der Waals surface area contributed by atoms with Crippen LogP contribution in [0.1, 0.15) is 19.8 Å². The van der Waals surface area contributed by atoms with Crippen molar-refractivity contribution in [2.45, 2.75) is 25.8 Å². The van der Waals surface area contributed by atoms with E-state index in [1.807, 2.05) is 0 Å². The molecule has 1 aliphatic rings. The summed E-state index contributed by atoms with van der Waals surface area (Å²) in [6.07, 6.45) is 7.04. The van der Waals surface area contributed by atoms with E-state index < -0.39 is 0 Å². The van der Waals surface area contributed by atoms with E-state index in [4.69, 9.17) is 17.3 Å². The molecule has 0 aliphatic carbocycles. The standard InChI is InChI=1S/C10H16ClN3.Li/c1-8(10(11)12)4-6-14-9-3-2-5-13-7-9;/h4,9,12-14H,2-3,5,7H2,1H3;/q-2;+1/b10-8-;/t9-;/m1./s1. The van der Waals surface area contributed by atoms with Gasteiger partial charge in [-0.3, -0.25) is 0 Å². The van der Waals surface area contributed by atoms with Crippen molar-refractivity contribution < 1.29 is 18.9 Å². The second-order valence-electron chi connectivity index (χ2n) is 3.47. The molecule has 1 fully saturated rings. The van der Waals surface area contributed by atoms with Gasteiger partial charge in [-0.2, -0.15) is 11.4 Å². The zero-order valence-corrected chi connectivity index (χ0v) is 10.1. The van der Waals surface area contributed by atoms with E-state index in [-0.39, 0.29) is 24.0 Å². The van der Waals surface area contributed by atoms with E-state index >= 15 is 0 Å². The average Bonchev–Trinajstić information content (AvgIpc) is 2.19. The number of halogens is 1. The third-order valence-electron chi connectivity index (χ3n) is 2.22. The van der Waals surface area contributed by atoms with Gasteiger partial charge in [-0.25, -0.2) is 11.6 Å². The number of hydrogen-bond donors (Lipinski definition) is 2. The molecule has 0 spiro atoms. The molecule has 15 heavy (non-hydrogen) atoms. The van der Waals surface area contributed by atoms with Crippen LogP contribution in [0, 0.1) is 6.20 Å². The molecule has 1 aliphatic heterocycles. The molecule has 0 radical (unpaired) electrons. The van der Waals surface area contributed by atoms with Crippen molar-refractivity contribution in [3.05, 3.63) is 28.7 Å². The minimum atomic E-state index is 0. The third-order valence-corrected chi connectivity index (χ3v) is 2.52. The predicted molar refractivity (Wildman–Crippen MR) is 59.7 cm³/mol. The Morgan fingerprint density at radius 3 is 2.93 bits per heavy atom. The molecule has 0 bridgehead atoms. The molecule has 5 heteroatoms. The van der Waals surface area contributed by atoms with Gasteiger partial charge in [-0.15, -0.1) is 18.5 Å². The van der Waals surface area contributed by atoms with Crippen LogP contribution in [0.2, 0.25) is 0 Å². The largest absolute Gasteiger partial charge is 1.00 e. The van der Waals surface area contributed by atoms with Gasteiger partial charge in [-0.05, 0) is 19.4 Å². The van der Waals surface area contributed by atoms with Crippen LogP contribution in [0.3, 0.4) is 0 Å². The maximum absolute atomic E-state index is 7.14. The van der Waals surface area contributed by atoms with Crippen molar-refractivity contribution in [3.8, 4) is 0 Å². The smallest absolute Gasteiger partial charge is 0.704 e. The quantitative estimate of drug-likeness (QED) is 0.215. The summed E-state index contributed by atoms with van der Waals surface area (Å²) in [5.74, 6) is 0. The van der Waals surface area contributed by atoms with Crippen LogP contribution in [0.15, 0.2) is 16.8 Å². The van der Waals surface area contributed by atoms with Gasteiger partial charge in [0.25, 0.3) is 0 Å². The minimum Gasteiger partial charge on any atom is -0.704 e. The molecular formula is C10H16ClLiN3-. The Morgan fingerprint density at radius 1 is 1.67 bits per heavy atom. The number of hydrogen-bond acceptors (Lipinski definition) is 2. The molecule has 0 unspecified atom stereocenters. The SMILES string of the molecule is C/C(C=[C-]N[C@@H]1CCCNC1)=C(/[NH-])Cl.[Li+]. The maximum atomic E-state index is 7.14. The fourth-order valence-corrected chi connectivity index (χ4v) is 1.36. The Labute approximate surface area is 109 Å². The van der Waals surface area contributed by atoms with Crippen LogP contribution in [-0.2, 0) is 0 Å². The van der Waals surface area contributed by atoms with Gasteiger partial charge in [0, 0.05) is 12.6 Å². The molecule has 0 aromatic rings. The number of piperidine rings is 1. The van der Waals surface area contributed by atoms with Crippen molar-refractivity contribution >= 4 is 11.6 Å². The van der Waals surface area contributed by atoms with E-state index in [0.717, 1.165) is 18.7 Å². The first-order valence-corrected chi connectivity index (χ1v) is 5.21. The summed E-state index contributed by atoms with van der Waals surface area (Å²) < 4.78 is 0. The molecule has 1 rings (SSSR count). The zero-order chi connectivity index (χ0) is 10.4. The molecule has 0 aromatic carbocycles. The molecule has 1 atom stereocenters. The summed E-state index contributed by atoms with van der Waals surface area (Å²) >= 11 is 5.48. The fraction of sp³-hybridized carbons (Fsp3) is 0.600. The Hall–Kier alpha value is -0.0726. The van der Waals surface area contributed by atoms with Crippen LogP contribution < -0.4 is 29.5 Å². The summed E-state index contributed by atoms with van der Waals surface area (Å²) in [4.78, 5) is 0. The van der Waals surface area contributed by atoms with Gasteiger partial charge in [0.1, 0.15) is 0 Å². The van der Waals surface area contributed by atoms with E-state index in [1.54, 1.807) is 13.0 Å². The second-order valence-corrected chi connectivity index (χ2v) is 3.85. The summed E-state index contributed by atoms with van der Waals surface area (Å²) in [7, 11) is 0. The van der Waals surface area contributed by atoms with E-state index in [0.29, 0.717) is 6.04 Å². The molecule has 80 valence electrons. The molecule has 3 nitrogen and oxygen atoms in total. The van der Waals surface area contributed by atoms with Gasteiger partial charge in [-0.1, -0.05) is 0 Å². The Bertz CT molecular complexity index is 231. The normalized spacial score (nSPS) is 23.2. The molecule has 0 aromatic heterocycles. The number of rotatable bonds is 3.